The van der Waals surface area contributed by atoms with E-state index in [1.54, 1.807) is 0 Å². The van der Waals surface area contributed by atoms with Crippen molar-refractivity contribution in [3.63, 3.8) is 0 Å². The molecule has 5 heteroatoms. The molecule has 5 nitrogen and oxygen atoms in total. The van der Waals surface area contributed by atoms with Crippen LogP contribution in [0.2, 0.25) is 0 Å². The second-order valence-corrected chi connectivity index (χ2v) is 8.73. The first kappa shape index (κ1) is 20.7. The molecule has 32 heavy (non-hydrogen) atoms. The van der Waals surface area contributed by atoms with E-state index in [2.05, 4.69) is 40.6 Å². The van der Waals surface area contributed by atoms with Gasteiger partial charge in [0.1, 0.15) is 5.82 Å². The second-order valence-electron chi connectivity index (χ2n) is 8.73. The molecule has 162 valence electrons. The normalized spacial score (nSPS) is 19.0. The minimum atomic E-state index is 0.410. The largest absolute Gasteiger partial charge is 0.383 e. The summed E-state index contributed by atoms with van der Waals surface area (Å²) < 4.78 is 5.61. The Morgan fingerprint density at radius 3 is 2.44 bits per heavy atom. The molecule has 2 aliphatic heterocycles. The minimum absolute atomic E-state index is 0.410. The highest BCUT2D eigenvalue weighted by Crippen LogP contribution is 2.38. The number of nitriles is 1. The van der Waals surface area contributed by atoms with E-state index in [0.717, 1.165) is 54.9 Å². The second kappa shape index (κ2) is 9.12. The number of rotatable bonds is 4. The molecule has 0 bridgehead atoms. The Bertz CT molecular complexity index is 1140. The van der Waals surface area contributed by atoms with Gasteiger partial charge in [-0.3, -0.25) is 0 Å². The molecule has 3 aromatic rings. The number of nitrogens with one attached hydrogen (secondary N) is 1. The number of nitrogens with two attached hydrogens (primary N) is 1. The summed E-state index contributed by atoms with van der Waals surface area (Å²) in [6.45, 7) is 2.77. The average molecular weight is 425 g/mol. The maximum atomic E-state index is 9.08. The van der Waals surface area contributed by atoms with Crippen LogP contribution in [-0.4, -0.2) is 24.7 Å². The van der Waals surface area contributed by atoms with Gasteiger partial charge in [0.05, 0.1) is 11.6 Å². The molecular formula is C27H28N4O. The fraction of sp³-hybridized carbons (Fsp3) is 0.333. The Morgan fingerprint density at radius 2 is 1.72 bits per heavy atom. The fourth-order valence-corrected chi connectivity index (χ4v) is 4.98. The van der Waals surface area contributed by atoms with E-state index in [0.29, 0.717) is 23.3 Å². The number of aromatic nitrogens is 1. The molecular weight excluding hydrogens is 396 g/mol. The van der Waals surface area contributed by atoms with Crippen LogP contribution < -0.4 is 11.1 Å². The molecule has 0 radical (unpaired) electrons. The third-order valence-electron chi connectivity index (χ3n) is 6.76. The highest BCUT2D eigenvalue weighted by molar-refractivity contribution is 5.79. The maximum Gasteiger partial charge on any atom is 0.131 e. The quantitative estimate of drug-likeness (QED) is 0.602. The molecule has 1 atom stereocenters. The van der Waals surface area contributed by atoms with Crippen LogP contribution in [0, 0.1) is 11.3 Å². The summed E-state index contributed by atoms with van der Waals surface area (Å²) >= 11 is 0. The van der Waals surface area contributed by atoms with Gasteiger partial charge in [-0.05, 0) is 84.7 Å². The van der Waals surface area contributed by atoms with Gasteiger partial charge in [0.2, 0.25) is 0 Å². The number of ether oxygens (including phenoxy) is 1. The SMILES string of the molecule is N#Cc1ccc(-c2cc(-c3ccc(C4CCOCC4)c([C@@H]4CCCN4)c3)cnc2N)cc1. The predicted molar refractivity (Wildman–Crippen MR) is 127 cm³/mol. The molecule has 5 rings (SSSR count). The number of nitrogen functional groups attached to an aromatic ring is 1. The number of hydrogen-bond donors (Lipinski definition) is 2. The standard InChI is InChI=1S/C27H28N4O/c28-16-18-3-5-19(6-4-18)24-15-22(17-31-27(24)29)21-7-8-23(20-9-12-32-13-10-20)25(14-21)26-2-1-11-30-26/h3-8,14-15,17,20,26,30H,1-2,9-13H2,(H2,29,31)/t26-/m0/s1. The molecule has 3 N–H and O–H groups in total. The molecule has 2 aliphatic rings. The summed E-state index contributed by atoms with van der Waals surface area (Å²) in [6.07, 6.45) is 6.43. The maximum absolute atomic E-state index is 9.08. The van der Waals surface area contributed by atoms with Gasteiger partial charge in [-0.15, -0.1) is 0 Å². The molecule has 0 aliphatic carbocycles. The Kier molecular flexibility index (Phi) is 5.89. The number of hydrogen-bond acceptors (Lipinski definition) is 5. The van der Waals surface area contributed by atoms with Gasteiger partial charge in [-0.2, -0.15) is 5.26 Å². The Morgan fingerprint density at radius 1 is 0.938 bits per heavy atom. The Labute approximate surface area is 189 Å². The van der Waals surface area contributed by atoms with Gasteiger partial charge in [0.15, 0.2) is 0 Å². The van der Waals surface area contributed by atoms with Gasteiger partial charge in [-0.1, -0.05) is 24.3 Å². The lowest BCUT2D eigenvalue weighted by atomic mass is 9.84. The first-order chi connectivity index (χ1) is 15.7. The van der Waals surface area contributed by atoms with Crippen LogP contribution in [0.15, 0.2) is 54.7 Å². The zero-order chi connectivity index (χ0) is 21.9. The number of anilines is 1. The van der Waals surface area contributed by atoms with E-state index in [4.69, 9.17) is 15.7 Å². The molecule has 2 aromatic carbocycles. The van der Waals surface area contributed by atoms with Crippen molar-refractivity contribution in [1.29, 1.82) is 5.26 Å². The summed E-state index contributed by atoms with van der Waals surface area (Å²) in [7, 11) is 0. The van der Waals surface area contributed by atoms with Crippen molar-refractivity contribution in [3.8, 4) is 28.3 Å². The van der Waals surface area contributed by atoms with Crippen molar-refractivity contribution in [2.24, 2.45) is 0 Å². The Balaban J connectivity index is 1.54. The van der Waals surface area contributed by atoms with Crippen molar-refractivity contribution >= 4 is 5.82 Å². The third-order valence-corrected chi connectivity index (χ3v) is 6.76. The fourth-order valence-electron chi connectivity index (χ4n) is 4.98. The lowest BCUT2D eigenvalue weighted by Crippen LogP contribution is -2.19. The summed E-state index contributed by atoms with van der Waals surface area (Å²) in [4.78, 5) is 4.49. The van der Waals surface area contributed by atoms with Crippen LogP contribution in [-0.2, 0) is 4.74 Å². The van der Waals surface area contributed by atoms with E-state index in [-0.39, 0.29) is 0 Å². The van der Waals surface area contributed by atoms with Crippen molar-refractivity contribution in [2.75, 3.05) is 25.5 Å². The molecule has 2 fully saturated rings. The molecule has 1 aromatic heterocycles. The average Bonchev–Trinajstić information content (AvgIpc) is 3.40. The van der Waals surface area contributed by atoms with Crippen molar-refractivity contribution < 1.29 is 4.74 Å². The van der Waals surface area contributed by atoms with E-state index in [1.807, 2.05) is 30.5 Å². The Hall–Kier alpha value is -3.20. The van der Waals surface area contributed by atoms with Crippen molar-refractivity contribution in [2.45, 2.75) is 37.6 Å². The van der Waals surface area contributed by atoms with Gasteiger partial charge in [0.25, 0.3) is 0 Å². The van der Waals surface area contributed by atoms with Crippen LogP contribution >= 0.6 is 0 Å². The van der Waals surface area contributed by atoms with Crippen molar-refractivity contribution in [1.82, 2.24) is 10.3 Å². The van der Waals surface area contributed by atoms with E-state index in [1.165, 1.54) is 24.0 Å². The molecule has 0 spiro atoms. The minimum Gasteiger partial charge on any atom is -0.383 e. The zero-order valence-electron chi connectivity index (χ0n) is 18.2. The first-order valence-electron chi connectivity index (χ1n) is 11.4. The summed E-state index contributed by atoms with van der Waals surface area (Å²) in [5, 5.41) is 12.8. The van der Waals surface area contributed by atoms with Crippen LogP contribution in [0.1, 0.15) is 54.3 Å². The van der Waals surface area contributed by atoms with Crippen LogP contribution in [0.3, 0.4) is 0 Å². The van der Waals surface area contributed by atoms with Gasteiger partial charge >= 0.3 is 0 Å². The topological polar surface area (TPSA) is 84.0 Å². The van der Waals surface area contributed by atoms with Crippen molar-refractivity contribution in [3.05, 3.63) is 71.4 Å². The summed E-state index contributed by atoms with van der Waals surface area (Å²) in [5.74, 6) is 1.06. The number of benzene rings is 2. The van der Waals surface area contributed by atoms with E-state index in [9.17, 15) is 0 Å². The number of pyridine rings is 1. The molecule has 3 heterocycles. The lowest BCUT2D eigenvalue weighted by Gasteiger charge is -2.27. The monoisotopic (exact) mass is 424 g/mol. The number of nitrogens with zero attached hydrogens (tertiary/aromatic N) is 2. The first-order valence-corrected chi connectivity index (χ1v) is 11.4. The molecule has 0 unspecified atom stereocenters. The van der Waals surface area contributed by atoms with Gasteiger partial charge < -0.3 is 15.8 Å². The predicted octanol–water partition coefficient (Wildman–Crippen LogP) is 5.19. The molecule has 0 saturated carbocycles. The van der Waals surface area contributed by atoms with Crippen LogP contribution in [0.5, 0.6) is 0 Å². The molecule has 2 saturated heterocycles. The van der Waals surface area contributed by atoms with Crippen LogP contribution in [0.25, 0.3) is 22.3 Å². The smallest absolute Gasteiger partial charge is 0.131 e. The zero-order valence-corrected chi connectivity index (χ0v) is 18.2. The van der Waals surface area contributed by atoms with E-state index < -0.39 is 0 Å². The summed E-state index contributed by atoms with van der Waals surface area (Å²) in [5.41, 5.74) is 13.8. The lowest BCUT2D eigenvalue weighted by molar-refractivity contribution is 0.0851. The van der Waals surface area contributed by atoms with Gasteiger partial charge in [0, 0.05) is 36.6 Å². The van der Waals surface area contributed by atoms with E-state index >= 15 is 0 Å². The highest BCUT2D eigenvalue weighted by Gasteiger charge is 2.25. The molecule has 0 amide bonds. The highest BCUT2D eigenvalue weighted by atomic mass is 16.5. The van der Waals surface area contributed by atoms with Gasteiger partial charge in [-0.25, -0.2) is 4.98 Å². The summed E-state index contributed by atoms with van der Waals surface area (Å²) in [6, 6.07) is 19.1. The third kappa shape index (κ3) is 4.12. The van der Waals surface area contributed by atoms with Crippen LogP contribution in [0.4, 0.5) is 5.82 Å².